The molecule has 0 saturated carbocycles. The van der Waals surface area contributed by atoms with Crippen molar-refractivity contribution in [2.75, 3.05) is 18.5 Å². The molecule has 2 rings (SSSR count). The van der Waals surface area contributed by atoms with Gasteiger partial charge in [-0.3, -0.25) is 4.79 Å². The molecule has 0 fully saturated rings. The molecule has 0 unspecified atom stereocenters. The lowest BCUT2D eigenvalue weighted by Crippen LogP contribution is -2.15. The van der Waals surface area contributed by atoms with E-state index in [9.17, 15) is 14.9 Å². The summed E-state index contributed by atoms with van der Waals surface area (Å²) in [4.78, 5) is 23.9. The van der Waals surface area contributed by atoms with Gasteiger partial charge in [-0.25, -0.2) is 4.79 Å². The quantitative estimate of drug-likeness (QED) is 0.299. The zero-order valence-electron chi connectivity index (χ0n) is 16.1. The Hall–Kier alpha value is -2.53. The predicted octanol–water partition coefficient (Wildman–Crippen LogP) is 5.55. The third-order valence-corrected chi connectivity index (χ3v) is 5.04. The minimum Gasteiger partial charge on any atom is -0.479 e. The zero-order valence-corrected chi connectivity index (χ0v) is 19.2. The minimum atomic E-state index is -0.590. The Bertz CT molecular complexity index is 1020. The van der Waals surface area contributed by atoms with E-state index < -0.39 is 11.9 Å². The van der Waals surface area contributed by atoms with Crippen LogP contribution in [-0.4, -0.2) is 25.1 Å². The van der Waals surface area contributed by atoms with Crippen molar-refractivity contribution < 1.29 is 19.1 Å². The number of carbonyl (C=O) groups excluding carboxylic acids is 2. The number of amides is 1. The molecule has 1 N–H and O–H groups in total. The highest BCUT2D eigenvalue weighted by molar-refractivity contribution is 9.10. The maximum Gasteiger partial charge on any atom is 0.344 e. The van der Waals surface area contributed by atoms with E-state index in [1.165, 1.54) is 12.1 Å². The van der Waals surface area contributed by atoms with Crippen LogP contribution in [0.25, 0.3) is 6.08 Å². The second-order valence-electron chi connectivity index (χ2n) is 6.00. The third kappa shape index (κ3) is 6.49. The number of benzene rings is 2. The normalized spacial score (nSPS) is 10.9. The van der Waals surface area contributed by atoms with E-state index in [2.05, 4.69) is 21.2 Å². The summed E-state index contributed by atoms with van der Waals surface area (Å²) in [6, 6.07) is 10.1. The van der Waals surface area contributed by atoms with Crippen LogP contribution in [0.1, 0.15) is 18.1 Å². The molecule has 0 aliphatic carbocycles. The lowest BCUT2D eigenvalue weighted by atomic mass is 10.1. The van der Waals surface area contributed by atoms with Gasteiger partial charge in [0.15, 0.2) is 12.4 Å². The molecular weight excluding hydrogens is 495 g/mol. The number of nitriles is 1. The molecular formula is C21H17BrCl2N2O4. The summed E-state index contributed by atoms with van der Waals surface area (Å²) in [5.74, 6) is -0.865. The standard InChI is InChI=1S/C21H17BrCl2N2O4/c1-3-29-19(27)11-30-20-16(22)7-13(8-18(20)24)6-14(10-25)21(28)26-15-5-4-12(2)17(23)9-15/h4-9H,3,11H2,1-2H3,(H,26,28)/b14-6-. The fourth-order valence-corrected chi connectivity index (χ4v) is 3.49. The average Bonchev–Trinajstić information content (AvgIpc) is 2.68. The predicted molar refractivity (Wildman–Crippen MR) is 120 cm³/mol. The molecule has 2 aromatic carbocycles. The van der Waals surface area contributed by atoms with Gasteiger partial charge >= 0.3 is 5.97 Å². The van der Waals surface area contributed by atoms with E-state index in [0.29, 0.717) is 20.7 Å². The Kier molecular flexibility index (Phi) is 8.72. The van der Waals surface area contributed by atoms with Gasteiger partial charge in [-0.05, 0) is 71.2 Å². The van der Waals surface area contributed by atoms with Crippen LogP contribution in [0.5, 0.6) is 5.75 Å². The van der Waals surface area contributed by atoms with E-state index in [1.807, 2.05) is 13.0 Å². The summed E-state index contributed by atoms with van der Waals surface area (Å²) < 4.78 is 10.6. The lowest BCUT2D eigenvalue weighted by Gasteiger charge is -2.11. The van der Waals surface area contributed by atoms with Crippen LogP contribution in [0.2, 0.25) is 10.0 Å². The molecule has 2 aromatic rings. The number of halogens is 3. The summed E-state index contributed by atoms with van der Waals surface area (Å²) in [7, 11) is 0. The van der Waals surface area contributed by atoms with Crippen molar-refractivity contribution >= 4 is 62.8 Å². The fraction of sp³-hybridized carbons (Fsp3) is 0.190. The van der Waals surface area contributed by atoms with Crippen LogP contribution in [0, 0.1) is 18.3 Å². The maximum atomic E-state index is 12.5. The van der Waals surface area contributed by atoms with Crippen molar-refractivity contribution in [1.82, 2.24) is 0 Å². The van der Waals surface area contributed by atoms with Gasteiger partial charge in [0, 0.05) is 10.7 Å². The summed E-state index contributed by atoms with van der Waals surface area (Å²) in [5.41, 5.74) is 1.70. The number of anilines is 1. The zero-order chi connectivity index (χ0) is 22.3. The van der Waals surface area contributed by atoms with Crippen LogP contribution >= 0.6 is 39.1 Å². The van der Waals surface area contributed by atoms with Gasteiger partial charge in [-0.1, -0.05) is 29.3 Å². The van der Waals surface area contributed by atoms with Crippen molar-refractivity contribution in [3.63, 3.8) is 0 Å². The van der Waals surface area contributed by atoms with E-state index >= 15 is 0 Å². The number of hydrogen-bond acceptors (Lipinski definition) is 5. The number of hydrogen-bond donors (Lipinski definition) is 1. The van der Waals surface area contributed by atoms with E-state index in [-0.39, 0.29) is 29.6 Å². The van der Waals surface area contributed by atoms with Crippen LogP contribution in [0.3, 0.4) is 0 Å². The number of carbonyl (C=O) groups is 2. The number of nitrogens with one attached hydrogen (secondary N) is 1. The Morgan fingerprint density at radius 2 is 1.97 bits per heavy atom. The second kappa shape index (κ2) is 11.0. The molecule has 0 aliphatic heterocycles. The highest BCUT2D eigenvalue weighted by Gasteiger charge is 2.14. The smallest absolute Gasteiger partial charge is 0.344 e. The molecule has 0 bridgehead atoms. The first-order chi connectivity index (χ1) is 14.2. The number of esters is 1. The Morgan fingerprint density at radius 1 is 1.23 bits per heavy atom. The third-order valence-electron chi connectivity index (χ3n) is 3.77. The molecule has 0 aliphatic rings. The van der Waals surface area contributed by atoms with E-state index in [0.717, 1.165) is 5.56 Å². The topological polar surface area (TPSA) is 88.4 Å². The maximum absolute atomic E-state index is 12.5. The number of nitrogens with zero attached hydrogens (tertiary/aromatic N) is 1. The van der Waals surface area contributed by atoms with Crippen molar-refractivity contribution in [2.45, 2.75) is 13.8 Å². The fourth-order valence-electron chi connectivity index (χ4n) is 2.32. The van der Waals surface area contributed by atoms with Crippen LogP contribution in [-0.2, 0) is 14.3 Å². The van der Waals surface area contributed by atoms with Gasteiger partial charge in [-0.15, -0.1) is 0 Å². The summed E-state index contributed by atoms with van der Waals surface area (Å²) >= 11 is 15.6. The molecule has 0 saturated heterocycles. The molecule has 1 amide bonds. The highest BCUT2D eigenvalue weighted by atomic mass is 79.9. The number of ether oxygens (including phenoxy) is 2. The summed E-state index contributed by atoms with van der Waals surface area (Å²) in [6.07, 6.45) is 1.39. The Morgan fingerprint density at radius 3 is 2.57 bits per heavy atom. The molecule has 156 valence electrons. The van der Waals surface area contributed by atoms with Gasteiger partial charge in [0.05, 0.1) is 16.1 Å². The minimum absolute atomic E-state index is 0.130. The van der Waals surface area contributed by atoms with Crippen molar-refractivity contribution in [3.05, 3.63) is 61.5 Å². The Labute approximate surface area is 192 Å². The molecule has 9 heteroatoms. The average molecular weight is 512 g/mol. The molecule has 30 heavy (non-hydrogen) atoms. The SMILES string of the molecule is CCOC(=O)COc1c(Cl)cc(/C=C(/C#N)C(=O)Nc2ccc(C)c(Cl)c2)cc1Br. The van der Waals surface area contributed by atoms with Gasteiger partial charge in [-0.2, -0.15) is 5.26 Å². The van der Waals surface area contributed by atoms with Crippen LogP contribution in [0.15, 0.2) is 40.4 Å². The summed E-state index contributed by atoms with van der Waals surface area (Å²) in [6.45, 7) is 3.48. The van der Waals surface area contributed by atoms with Crippen LogP contribution in [0.4, 0.5) is 5.69 Å². The van der Waals surface area contributed by atoms with Gasteiger partial charge in [0.1, 0.15) is 11.6 Å². The molecule has 0 aromatic heterocycles. The Balaban J connectivity index is 2.20. The van der Waals surface area contributed by atoms with E-state index in [1.54, 1.807) is 31.2 Å². The highest BCUT2D eigenvalue weighted by Crippen LogP contribution is 2.35. The number of rotatable bonds is 7. The second-order valence-corrected chi connectivity index (χ2v) is 7.66. The van der Waals surface area contributed by atoms with E-state index in [4.69, 9.17) is 32.7 Å². The monoisotopic (exact) mass is 510 g/mol. The first-order valence-corrected chi connectivity index (χ1v) is 10.3. The van der Waals surface area contributed by atoms with Crippen molar-refractivity contribution in [2.24, 2.45) is 0 Å². The number of aryl methyl sites for hydroxylation is 1. The largest absolute Gasteiger partial charge is 0.479 e. The van der Waals surface area contributed by atoms with Gasteiger partial charge in [0.25, 0.3) is 5.91 Å². The lowest BCUT2D eigenvalue weighted by molar-refractivity contribution is -0.145. The van der Waals surface area contributed by atoms with Crippen molar-refractivity contribution in [1.29, 1.82) is 5.26 Å². The molecule has 6 nitrogen and oxygen atoms in total. The van der Waals surface area contributed by atoms with Gasteiger partial charge < -0.3 is 14.8 Å². The molecule has 0 atom stereocenters. The summed E-state index contributed by atoms with van der Waals surface area (Å²) in [5, 5.41) is 12.7. The van der Waals surface area contributed by atoms with Gasteiger partial charge in [0.2, 0.25) is 0 Å². The molecule has 0 radical (unpaired) electrons. The first-order valence-electron chi connectivity index (χ1n) is 8.72. The molecule has 0 spiro atoms. The first kappa shape index (κ1) is 23.7. The van der Waals surface area contributed by atoms with Crippen LogP contribution < -0.4 is 10.1 Å². The molecule has 0 heterocycles. The van der Waals surface area contributed by atoms with Crippen molar-refractivity contribution in [3.8, 4) is 11.8 Å².